The number of hydrogen-bond acceptors (Lipinski definition) is 21. The van der Waals surface area contributed by atoms with Gasteiger partial charge in [-0.2, -0.15) is 5.10 Å². The van der Waals surface area contributed by atoms with Crippen molar-refractivity contribution in [2.75, 3.05) is 164 Å². The molecule has 4 heterocycles. The molecule has 498 valence electrons. The fourth-order valence-corrected chi connectivity index (χ4v) is 10.7. The number of piperazine rings is 1. The molecule has 25 heteroatoms. The normalized spacial score (nSPS) is 14.2. The van der Waals surface area contributed by atoms with Crippen LogP contribution in [0, 0.1) is 5.92 Å². The number of unbranched alkanes of at least 4 members (excludes halogenated alkanes) is 1. The molecule has 22 nitrogen and oxygen atoms in total. The van der Waals surface area contributed by atoms with Gasteiger partial charge in [0.1, 0.15) is 35.5 Å². The van der Waals surface area contributed by atoms with Crippen LogP contribution in [0.25, 0.3) is 0 Å². The molecule has 3 amide bonds. The number of ether oxygens (including phenoxy) is 6. The first kappa shape index (κ1) is 75.1. The number of aromatic nitrogens is 2. The molecular formula is C66H95ClN12O10S2. The van der Waals surface area contributed by atoms with E-state index in [2.05, 4.69) is 71.9 Å². The average molecular weight is 1320 g/mol. The summed E-state index contributed by atoms with van der Waals surface area (Å²) in [7, 11) is 8.32. The molecule has 2 aromatic heterocycles. The van der Waals surface area contributed by atoms with Crippen LogP contribution in [0.5, 0.6) is 11.5 Å². The molecule has 2 saturated heterocycles. The first-order valence-corrected chi connectivity index (χ1v) is 33.5. The number of carbonyl (C=O) groups is 4. The maximum absolute atomic E-state index is 14.4. The lowest BCUT2D eigenvalue weighted by atomic mass is 9.96. The molecule has 0 saturated carbocycles. The predicted octanol–water partition coefficient (Wildman–Crippen LogP) is 8.06. The van der Waals surface area contributed by atoms with Gasteiger partial charge in [0.05, 0.1) is 64.2 Å². The van der Waals surface area contributed by atoms with Gasteiger partial charge in [-0.05, 0) is 138 Å². The quantitative estimate of drug-likeness (QED) is 0.00725. The number of hydrazone groups is 1. The largest absolute Gasteiger partial charge is 0.494 e. The van der Waals surface area contributed by atoms with Crippen molar-refractivity contribution in [3.8, 4) is 11.5 Å². The number of amides is 3. The first-order chi connectivity index (χ1) is 44.4. The third kappa shape index (κ3) is 31.1. The van der Waals surface area contributed by atoms with Crippen LogP contribution in [0.1, 0.15) is 67.0 Å². The fraction of sp³-hybridized carbons (Fsp3) is 0.515. The highest BCUT2D eigenvalue weighted by atomic mass is 35.5. The zero-order valence-corrected chi connectivity index (χ0v) is 56.0. The highest BCUT2D eigenvalue weighted by Crippen LogP contribution is 2.32. The van der Waals surface area contributed by atoms with Gasteiger partial charge in [-0.1, -0.05) is 41.9 Å². The minimum atomic E-state index is -0.850. The van der Waals surface area contributed by atoms with Gasteiger partial charge in [0.2, 0.25) is 18.2 Å². The van der Waals surface area contributed by atoms with E-state index >= 15 is 0 Å². The Balaban J connectivity index is 0.000000670. The highest BCUT2D eigenvalue weighted by Gasteiger charge is 2.35. The molecule has 5 aromatic rings. The van der Waals surface area contributed by atoms with Gasteiger partial charge < -0.3 is 74.6 Å². The Morgan fingerprint density at radius 1 is 0.835 bits per heavy atom. The number of halogens is 1. The molecule has 1 unspecified atom stereocenters. The molecule has 2 fully saturated rings. The number of benzene rings is 3. The number of anilines is 2. The number of thiazole rings is 1. The molecule has 5 N–H and O–H groups in total. The summed E-state index contributed by atoms with van der Waals surface area (Å²) in [5.41, 5.74) is 5.03. The van der Waals surface area contributed by atoms with Crippen molar-refractivity contribution in [3.63, 3.8) is 0 Å². The molecule has 0 radical (unpaired) electrons. The third-order valence-corrected chi connectivity index (χ3v) is 16.6. The van der Waals surface area contributed by atoms with Crippen LogP contribution in [-0.2, 0) is 57.5 Å². The van der Waals surface area contributed by atoms with Crippen molar-refractivity contribution in [2.45, 2.75) is 69.0 Å². The zero-order valence-electron chi connectivity index (χ0n) is 53.6. The van der Waals surface area contributed by atoms with E-state index in [0.717, 1.165) is 73.4 Å². The number of carbonyl (C=O) groups excluding carboxylic acids is 4. The SMILES string of the molecule is CN1CCN(C)CC1.CNc1ccc(OCCOCCN=C/C(CCOCCOCCN(C)CCCCOc2ccc(CCC(=O)N(CC3CCOCC3)C(C(=O)NCc3ccc(Cl)cc3)c3cccnc3SC)cc2)=N\N)cc1.O=CCc1csc(NC=O)n1. The number of rotatable bonds is 39. The van der Waals surface area contributed by atoms with E-state index in [4.69, 9.17) is 45.9 Å². The van der Waals surface area contributed by atoms with E-state index in [0.29, 0.717) is 144 Å². The summed E-state index contributed by atoms with van der Waals surface area (Å²) in [6.45, 7) is 13.3. The van der Waals surface area contributed by atoms with Gasteiger partial charge in [-0.25, -0.2) is 9.97 Å². The highest BCUT2D eigenvalue weighted by molar-refractivity contribution is 7.98. The number of aliphatic imine (C=N–C) groups is 1. The van der Waals surface area contributed by atoms with Crippen molar-refractivity contribution in [3.05, 3.63) is 124 Å². The summed E-state index contributed by atoms with van der Waals surface area (Å²) in [5, 5.41) is 16.0. The molecule has 0 bridgehead atoms. The number of likely N-dealkylation sites (N-methyl/N-ethyl adjacent to an activating group) is 3. The van der Waals surface area contributed by atoms with Crippen molar-refractivity contribution < 1.29 is 47.6 Å². The summed E-state index contributed by atoms with van der Waals surface area (Å²) in [4.78, 5) is 70.2. The van der Waals surface area contributed by atoms with E-state index in [1.54, 1.807) is 34.8 Å². The minimum Gasteiger partial charge on any atom is -0.494 e. The van der Waals surface area contributed by atoms with Crippen molar-refractivity contribution in [1.29, 1.82) is 0 Å². The number of nitrogens with one attached hydrogen (secondary N) is 3. The number of pyridine rings is 1. The summed E-state index contributed by atoms with van der Waals surface area (Å²) in [5.74, 6) is 7.02. The fourth-order valence-electron chi connectivity index (χ4n) is 9.33. The molecule has 1 atom stereocenters. The lowest BCUT2D eigenvalue weighted by Crippen LogP contribution is -2.46. The second kappa shape index (κ2) is 45.6. The van der Waals surface area contributed by atoms with Crippen LogP contribution >= 0.6 is 34.7 Å². The molecule has 91 heavy (non-hydrogen) atoms. The second-order valence-corrected chi connectivity index (χ2v) is 23.8. The predicted molar refractivity (Wildman–Crippen MR) is 364 cm³/mol. The van der Waals surface area contributed by atoms with Crippen LogP contribution in [-0.4, -0.2) is 219 Å². The van der Waals surface area contributed by atoms with E-state index in [9.17, 15) is 19.2 Å². The summed E-state index contributed by atoms with van der Waals surface area (Å²) < 4.78 is 34.5. The molecule has 0 aliphatic carbocycles. The van der Waals surface area contributed by atoms with Gasteiger partial charge in [-0.3, -0.25) is 19.4 Å². The monoisotopic (exact) mass is 1310 g/mol. The van der Waals surface area contributed by atoms with Crippen LogP contribution in [0.4, 0.5) is 10.8 Å². The van der Waals surface area contributed by atoms with Crippen LogP contribution in [0.2, 0.25) is 5.02 Å². The summed E-state index contributed by atoms with van der Waals surface area (Å²) >= 11 is 8.88. The lowest BCUT2D eigenvalue weighted by molar-refractivity contribution is -0.142. The van der Waals surface area contributed by atoms with Crippen molar-refractivity contribution >= 4 is 82.0 Å². The van der Waals surface area contributed by atoms with Crippen LogP contribution in [0.3, 0.4) is 0 Å². The average Bonchev–Trinajstić information content (AvgIpc) is 1.54. The van der Waals surface area contributed by atoms with E-state index in [1.165, 1.54) is 49.3 Å². The lowest BCUT2D eigenvalue weighted by Gasteiger charge is -2.36. The molecule has 7 rings (SSSR count). The number of hydrogen-bond donors (Lipinski definition) is 4. The standard InChI is InChI=1S/C54H75ClN8O8S.C6H6N2O2S.C6H14N2/c1-57-46-15-19-49(20-16-46)71-38-37-68-33-26-58-40-47(61-56)24-32-67-35-36-69-34-28-62(2)27-4-5-29-70-48-17-10-42(11-18-48)12-21-51(64)63(41-44-22-30-66-31-23-44)52(50-7-6-25-59-54(50)72-3)53(65)60-39-43-8-13-45(55)14-9-43;9-2-1-5-3-11-6(8-5)7-4-10;1-7-3-5-8(2)6-4-7/h6-11,13-20,25,40,44,52,57H,4-5,12,21-24,26-39,41,56H2,1-3H3,(H,60,65);2-4H,1H2,(H,7,8,10);3-6H2,1-2H3/b58-40?,61-47-;;. The molecular weight excluding hydrogens is 1220 g/mol. The number of thioether (sulfide) groups is 1. The second-order valence-electron chi connectivity index (χ2n) is 21.7. The number of aryl methyl sites for hydroxylation is 1. The molecule has 3 aromatic carbocycles. The Bertz CT molecular complexity index is 2830. The number of nitrogens with two attached hydrogens (primary N) is 1. The Kier molecular flexibility index (Phi) is 37.7. The van der Waals surface area contributed by atoms with Gasteiger partial charge in [0.15, 0.2) is 5.13 Å². The van der Waals surface area contributed by atoms with Gasteiger partial charge >= 0.3 is 0 Å². The topological polar surface area (TPSA) is 249 Å². The van der Waals surface area contributed by atoms with E-state index in [-0.39, 0.29) is 24.2 Å². The molecule has 2 aliphatic rings. The van der Waals surface area contributed by atoms with E-state index in [1.807, 2.05) is 86.1 Å². The van der Waals surface area contributed by atoms with Gasteiger partial charge in [0.25, 0.3) is 0 Å². The Morgan fingerprint density at radius 2 is 1.49 bits per heavy atom. The summed E-state index contributed by atoms with van der Waals surface area (Å²) in [6.07, 6.45) is 11.9. The maximum atomic E-state index is 14.4. The van der Waals surface area contributed by atoms with E-state index < -0.39 is 6.04 Å². The third-order valence-electron chi connectivity index (χ3n) is 14.8. The van der Waals surface area contributed by atoms with Crippen LogP contribution in [0.15, 0.2) is 112 Å². The zero-order chi connectivity index (χ0) is 65.1. The first-order valence-electron chi connectivity index (χ1n) is 31.1. The molecule has 2 aliphatic heterocycles. The Labute approximate surface area is 551 Å². The van der Waals surface area contributed by atoms with Crippen LogP contribution < -0.4 is 31.3 Å². The Morgan fingerprint density at radius 3 is 2.16 bits per heavy atom. The minimum absolute atomic E-state index is 0.0824. The Hall–Kier alpha value is -6.58. The smallest absolute Gasteiger partial charge is 0.247 e. The maximum Gasteiger partial charge on any atom is 0.247 e. The van der Waals surface area contributed by atoms with Gasteiger partial charge in [0, 0.05) is 119 Å². The summed E-state index contributed by atoms with van der Waals surface area (Å²) in [6, 6.07) is 26.0. The number of aldehydes is 1. The number of nitrogens with zero attached hydrogens (tertiary/aromatic N) is 8. The van der Waals surface area contributed by atoms with Crippen molar-refractivity contribution in [2.24, 2.45) is 21.9 Å². The van der Waals surface area contributed by atoms with Crippen molar-refractivity contribution in [1.82, 2.24) is 34.9 Å². The van der Waals surface area contributed by atoms with Gasteiger partial charge in [-0.15, -0.1) is 23.1 Å². The molecule has 0 spiro atoms.